The molecule has 1 unspecified atom stereocenters. The maximum absolute atomic E-state index is 13.6. The Balaban J connectivity index is 2.31. The minimum atomic E-state index is -3.15. The number of carbonyl (C=O) groups excluding carboxylic acids is 1. The third-order valence-electron chi connectivity index (χ3n) is 3.14. The van der Waals surface area contributed by atoms with Gasteiger partial charge < -0.3 is 10.0 Å². The fourth-order valence-electron chi connectivity index (χ4n) is 2.17. The molecule has 1 aliphatic rings. The van der Waals surface area contributed by atoms with E-state index in [-0.39, 0.29) is 18.1 Å². The van der Waals surface area contributed by atoms with Gasteiger partial charge in [0, 0.05) is 12.6 Å². The van der Waals surface area contributed by atoms with Gasteiger partial charge in [0.25, 0.3) is 5.91 Å². The molecule has 1 atom stereocenters. The van der Waals surface area contributed by atoms with E-state index in [0.717, 1.165) is 6.07 Å². The van der Waals surface area contributed by atoms with Crippen LogP contribution in [0.25, 0.3) is 0 Å². The number of rotatable bonds is 1. The molecule has 104 valence electrons. The average molecular weight is 287 g/mol. The Morgan fingerprint density at radius 2 is 2.16 bits per heavy atom. The highest BCUT2D eigenvalue weighted by atomic mass is 32.2. The maximum Gasteiger partial charge on any atom is 0.260 e. The molecule has 1 aromatic carbocycles. The Morgan fingerprint density at radius 3 is 2.74 bits per heavy atom. The van der Waals surface area contributed by atoms with Crippen LogP contribution in [0.4, 0.5) is 4.39 Å². The van der Waals surface area contributed by atoms with Crippen LogP contribution in [0, 0.1) is 5.82 Å². The molecule has 0 aromatic heterocycles. The molecule has 1 aromatic rings. The molecule has 7 heteroatoms. The van der Waals surface area contributed by atoms with Gasteiger partial charge in [0.15, 0.2) is 9.84 Å². The quantitative estimate of drug-likeness (QED) is 0.828. The van der Waals surface area contributed by atoms with E-state index in [2.05, 4.69) is 0 Å². The second kappa shape index (κ2) is 4.80. The molecule has 0 bridgehead atoms. The van der Waals surface area contributed by atoms with Crippen molar-refractivity contribution in [2.75, 3.05) is 18.1 Å². The maximum atomic E-state index is 13.6. The summed E-state index contributed by atoms with van der Waals surface area (Å²) in [5.41, 5.74) is -0.409. The Labute approximate surface area is 110 Å². The van der Waals surface area contributed by atoms with Crippen molar-refractivity contribution < 1.29 is 22.7 Å². The van der Waals surface area contributed by atoms with E-state index in [1.807, 2.05) is 0 Å². The van der Waals surface area contributed by atoms with E-state index in [1.165, 1.54) is 17.0 Å². The number of carbonyl (C=O) groups is 1. The van der Waals surface area contributed by atoms with Gasteiger partial charge >= 0.3 is 0 Å². The van der Waals surface area contributed by atoms with Gasteiger partial charge in [-0.15, -0.1) is 0 Å². The highest BCUT2D eigenvalue weighted by Crippen LogP contribution is 2.24. The van der Waals surface area contributed by atoms with Crippen molar-refractivity contribution in [2.45, 2.75) is 13.0 Å². The van der Waals surface area contributed by atoms with Gasteiger partial charge in [-0.3, -0.25) is 4.79 Å². The number of benzene rings is 1. The first kappa shape index (κ1) is 13.8. The van der Waals surface area contributed by atoms with Crippen molar-refractivity contribution in [1.29, 1.82) is 0 Å². The smallest absolute Gasteiger partial charge is 0.260 e. The van der Waals surface area contributed by atoms with Crippen LogP contribution in [0.1, 0.15) is 17.3 Å². The van der Waals surface area contributed by atoms with Gasteiger partial charge in [-0.05, 0) is 19.1 Å². The molecule has 0 aliphatic carbocycles. The Kier molecular flexibility index (Phi) is 3.49. The highest BCUT2D eigenvalue weighted by Gasteiger charge is 2.33. The molecule has 0 spiro atoms. The van der Waals surface area contributed by atoms with Crippen LogP contribution in [0.2, 0.25) is 0 Å². The fourth-order valence-corrected chi connectivity index (χ4v) is 3.72. The normalized spacial score (nSPS) is 22.2. The zero-order chi connectivity index (χ0) is 14.2. The molecule has 1 saturated heterocycles. The number of amides is 1. The number of sulfone groups is 1. The number of hydrogen-bond donors (Lipinski definition) is 1. The first-order valence-electron chi connectivity index (χ1n) is 5.81. The van der Waals surface area contributed by atoms with E-state index < -0.39 is 38.9 Å². The van der Waals surface area contributed by atoms with E-state index in [4.69, 9.17) is 0 Å². The van der Waals surface area contributed by atoms with Crippen molar-refractivity contribution in [3.8, 4) is 5.75 Å². The third-order valence-corrected chi connectivity index (χ3v) is 4.93. The number of nitrogens with zero attached hydrogens (tertiary/aromatic N) is 1. The standard InChI is InChI=1S/C12H14FNO4S/c1-8-7-19(17,18)6-5-14(8)12(16)11-9(13)3-2-4-10(11)15/h2-4,8,15H,5-7H2,1H3. The number of aromatic hydroxyl groups is 1. The largest absolute Gasteiger partial charge is 0.507 e. The minimum absolute atomic E-state index is 0.0100. The summed E-state index contributed by atoms with van der Waals surface area (Å²) in [4.78, 5) is 13.5. The zero-order valence-electron chi connectivity index (χ0n) is 10.3. The van der Waals surface area contributed by atoms with Crippen molar-refractivity contribution in [2.24, 2.45) is 0 Å². The summed E-state index contributed by atoms with van der Waals surface area (Å²) < 4.78 is 36.5. The van der Waals surface area contributed by atoms with Gasteiger partial charge in [0.1, 0.15) is 17.1 Å². The topological polar surface area (TPSA) is 74.7 Å². The predicted molar refractivity (Wildman–Crippen MR) is 67.2 cm³/mol. The van der Waals surface area contributed by atoms with Gasteiger partial charge in [0.2, 0.25) is 0 Å². The van der Waals surface area contributed by atoms with Crippen molar-refractivity contribution in [3.05, 3.63) is 29.6 Å². The summed E-state index contributed by atoms with van der Waals surface area (Å²) in [6, 6.07) is 3.07. The number of phenols is 1. The lowest BCUT2D eigenvalue weighted by molar-refractivity contribution is 0.0704. The first-order chi connectivity index (χ1) is 8.82. The molecular formula is C12H14FNO4S. The molecule has 0 saturated carbocycles. The monoisotopic (exact) mass is 287 g/mol. The minimum Gasteiger partial charge on any atom is -0.507 e. The summed E-state index contributed by atoms with van der Waals surface area (Å²) >= 11 is 0. The van der Waals surface area contributed by atoms with Crippen LogP contribution >= 0.6 is 0 Å². The summed E-state index contributed by atoms with van der Waals surface area (Å²) in [5, 5.41) is 9.58. The van der Waals surface area contributed by atoms with Crippen LogP contribution in [0.5, 0.6) is 5.75 Å². The molecule has 1 N–H and O–H groups in total. The van der Waals surface area contributed by atoms with Crippen LogP contribution < -0.4 is 0 Å². The Morgan fingerprint density at radius 1 is 1.47 bits per heavy atom. The van der Waals surface area contributed by atoms with E-state index in [1.54, 1.807) is 6.92 Å². The van der Waals surface area contributed by atoms with E-state index >= 15 is 0 Å². The third kappa shape index (κ3) is 2.70. The number of hydrogen-bond acceptors (Lipinski definition) is 4. The molecule has 2 rings (SSSR count). The molecule has 0 radical (unpaired) electrons. The van der Waals surface area contributed by atoms with Gasteiger partial charge in [0.05, 0.1) is 11.5 Å². The van der Waals surface area contributed by atoms with Gasteiger partial charge in [-0.1, -0.05) is 6.07 Å². The molecule has 1 heterocycles. The second-order valence-electron chi connectivity index (χ2n) is 4.60. The molecule has 1 fully saturated rings. The van der Waals surface area contributed by atoms with Crippen molar-refractivity contribution in [1.82, 2.24) is 4.90 Å². The van der Waals surface area contributed by atoms with Gasteiger partial charge in [-0.25, -0.2) is 12.8 Å². The molecular weight excluding hydrogens is 273 g/mol. The molecule has 1 aliphatic heterocycles. The first-order valence-corrected chi connectivity index (χ1v) is 7.63. The average Bonchev–Trinajstić information content (AvgIpc) is 2.27. The van der Waals surface area contributed by atoms with Crippen LogP contribution in [-0.2, 0) is 9.84 Å². The summed E-state index contributed by atoms with van der Waals surface area (Å²) in [7, 11) is -3.15. The number of halogens is 1. The van der Waals surface area contributed by atoms with Gasteiger partial charge in [-0.2, -0.15) is 0 Å². The van der Waals surface area contributed by atoms with Crippen molar-refractivity contribution in [3.63, 3.8) is 0 Å². The fraction of sp³-hybridized carbons (Fsp3) is 0.417. The summed E-state index contributed by atoms with van der Waals surface area (Å²) in [6.07, 6.45) is 0. The van der Waals surface area contributed by atoms with E-state index in [0.29, 0.717) is 0 Å². The number of phenolic OH excluding ortho intramolecular Hbond substituents is 1. The molecule has 1 amide bonds. The second-order valence-corrected chi connectivity index (χ2v) is 6.82. The summed E-state index contributed by atoms with van der Waals surface area (Å²) in [5.74, 6) is -2.22. The SMILES string of the molecule is CC1CS(=O)(=O)CCN1C(=O)c1c(O)cccc1F. The van der Waals surface area contributed by atoms with Crippen LogP contribution in [-0.4, -0.2) is 48.4 Å². The molecule has 5 nitrogen and oxygen atoms in total. The Hall–Kier alpha value is -1.63. The summed E-state index contributed by atoms with van der Waals surface area (Å²) in [6.45, 7) is 1.60. The lowest BCUT2D eigenvalue weighted by Crippen LogP contribution is -2.49. The van der Waals surface area contributed by atoms with Crippen LogP contribution in [0.3, 0.4) is 0 Å². The lowest BCUT2D eigenvalue weighted by Gasteiger charge is -2.33. The Bertz CT molecular complexity index is 594. The van der Waals surface area contributed by atoms with Crippen molar-refractivity contribution >= 4 is 15.7 Å². The predicted octanol–water partition coefficient (Wildman–Crippen LogP) is 0.790. The van der Waals surface area contributed by atoms with E-state index in [9.17, 15) is 22.7 Å². The lowest BCUT2D eigenvalue weighted by atomic mass is 10.1. The highest BCUT2D eigenvalue weighted by molar-refractivity contribution is 7.91. The zero-order valence-corrected chi connectivity index (χ0v) is 11.2. The molecule has 19 heavy (non-hydrogen) atoms. The van der Waals surface area contributed by atoms with Crippen LogP contribution in [0.15, 0.2) is 18.2 Å².